The molecule has 4 aliphatic heterocycles. The Kier molecular flexibility index (Phi) is 11.7. The van der Waals surface area contributed by atoms with Gasteiger partial charge in [0.05, 0.1) is 61.6 Å². The summed E-state index contributed by atoms with van der Waals surface area (Å²) < 4.78 is 80.2. The van der Waals surface area contributed by atoms with Crippen LogP contribution in [0.1, 0.15) is 59.3 Å². The Morgan fingerprint density at radius 3 is 2.50 bits per heavy atom. The van der Waals surface area contributed by atoms with Crippen LogP contribution in [-0.4, -0.2) is 156 Å². The number of nitrogens with zero attached hydrogens (tertiary/aromatic N) is 7. The molecule has 4 atom stereocenters. The van der Waals surface area contributed by atoms with E-state index in [4.69, 9.17) is 35.3 Å². The summed E-state index contributed by atoms with van der Waals surface area (Å²) in [7, 11) is -0.678. The number of aromatic nitrogens is 3. The topological polar surface area (TPSA) is 140 Å². The van der Waals surface area contributed by atoms with Crippen molar-refractivity contribution in [3.8, 4) is 6.01 Å². The van der Waals surface area contributed by atoms with Crippen LogP contribution in [0.5, 0.6) is 6.01 Å². The molecule has 0 N–H and O–H groups in total. The number of pyridine rings is 1. The minimum absolute atomic E-state index is 0.0736. The van der Waals surface area contributed by atoms with Crippen LogP contribution in [0.3, 0.4) is 0 Å². The number of hydrogen-bond donors (Lipinski definition) is 0. The highest BCUT2D eigenvalue weighted by atomic mass is 35.5. The normalized spacial score (nSPS) is 25.4. The van der Waals surface area contributed by atoms with Crippen molar-refractivity contribution in [1.82, 2.24) is 29.7 Å². The van der Waals surface area contributed by atoms with Crippen molar-refractivity contribution in [2.75, 3.05) is 77.9 Å². The Bertz CT molecular complexity index is 1850. The van der Waals surface area contributed by atoms with Crippen LogP contribution in [0, 0.1) is 5.82 Å². The van der Waals surface area contributed by atoms with Gasteiger partial charge in [-0.15, -0.1) is 0 Å². The van der Waals surface area contributed by atoms with E-state index < -0.39 is 65.9 Å². The fourth-order valence-corrected chi connectivity index (χ4v) is 9.41. The van der Waals surface area contributed by atoms with Crippen molar-refractivity contribution >= 4 is 53.8 Å². The van der Waals surface area contributed by atoms with Crippen LogP contribution >= 0.6 is 19.1 Å². The summed E-state index contributed by atoms with van der Waals surface area (Å²) in [5, 5.41) is -0.238. The van der Waals surface area contributed by atoms with E-state index in [1.807, 2.05) is 20.0 Å². The quantitative estimate of drug-likeness (QED) is 0.159. The van der Waals surface area contributed by atoms with Gasteiger partial charge in [-0.05, 0) is 59.4 Å². The second-order valence-corrected chi connectivity index (χ2v) is 21.4. The van der Waals surface area contributed by atoms with Gasteiger partial charge in [0.25, 0.3) is 0 Å². The predicted octanol–water partition coefficient (Wildman–Crippen LogP) is 5.55. The number of hydrogen-bond acceptors (Lipinski definition) is 12. The summed E-state index contributed by atoms with van der Waals surface area (Å²) >= 11 is 6.11. The molecule has 2 amide bonds. The number of amides is 2. The Morgan fingerprint density at radius 2 is 1.82 bits per heavy atom. The van der Waals surface area contributed by atoms with Crippen molar-refractivity contribution in [3.63, 3.8) is 0 Å². The molecule has 6 heterocycles. The monoisotopic (exact) mass is 834 g/mol. The average molecular weight is 835 g/mol. The molecule has 4 saturated heterocycles. The number of carbonyl (C=O) groups is 3. The van der Waals surface area contributed by atoms with Gasteiger partial charge in [-0.1, -0.05) is 11.6 Å². The molecule has 0 aromatic carbocycles. The SMILES string of the molecule is CN(CC12CCC(CN(c3nc(OCC45CCCN4CC(OCCC(=O)O[P+](C)(C)C)C5)nc4c(F)c(Cl)ncc34)C1)N2C(=O)OC(C)(C)C)C(=O)C(F)(F)F. The van der Waals surface area contributed by atoms with Crippen molar-refractivity contribution in [1.29, 1.82) is 0 Å². The number of alkyl halides is 3. The summed E-state index contributed by atoms with van der Waals surface area (Å²) in [6.45, 7) is 12.3. The largest absolute Gasteiger partial charge is 0.471 e. The average Bonchev–Trinajstić information content (AvgIpc) is 3.69. The maximum Gasteiger partial charge on any atom is 0.471 e. The fraction of sp³-hybridized carbons (Fsp3) is 0.722. The van der Waals surface area contributed by atoms with Gasteiger partial charge in [0.15, 0.2) is 18.5 Å². The van der Waals surface area contributed by atoms with Crippen LogP contribution in [-0.2, 0) is 23.6 Å². The Morgan fingerprint density at radius 1 is 1.09 bits per heavy atom. The van der Waals surface area contributed by atoms with Gasteiger partial charge in [0.1, 0.15) is 23.5 Å². The number of piperazine rings is 1. The van der Waals surface area contributed by atoms with Crippen molar-refractivity contribution < 1.29 is 50.7 Å². The molecule has 2 aromatic heterocycles. The van der Waals surface area contributed by atoms with Crippen LogP contribution < -0.4 is 9.64 Å². The van der Waals surface area contributed by atoms with Crippen LogP contribution in [0.2, 0.25) is 5.15 Å². The van der Waals surface area contributed by atoms with Gasteiger partial charge in [-0.2, -0.15) is 23.1 Å². The third kappa shape index (κ3) is 9.02. The number of ether oxygens (including phenoxy) is 3. The zero-order valence-electron chi connectivity index (χ0n) is 32.7. The number of likely N-dealkylation sites (N-methyl/N-ethyl adjacent to an activating group) is 1. The second kappa shape index (κ2) is 15.4. The molecular weight excluding hydrogens is 785 g/mol. The molecule has 0 radical (unpaired) electrons. The predicted molar refractivity (Wildman–Crippen MR) is 201 cm³/mol. The third-order valence-electron chi connectivity index (χ3n) is 10.6. The zero-order valence-corrected chi connectivity index (χ0v) is 34.4. The maximum absolute atomic E-state index is 15.7. The molecule has 310 valence electrons. The molecule has 6 rings (SSSR count). The lowest BCUT2D eigenvalue weighted by molar-refractivity contribution is -0.185. The number of carbonyl (C=O) groups excluding carboxylic acids is 3. The Labute approximate surface area is 328 Å². The molecule has 0 spiro atoms. The molecule has 2 aromatic rings. The molecule has 4 unspecified atom stereocenters. The molecule has 0 saturated carbocycles. The number of halogens is 5. The molecule has 56 heavy (non-hydrogen) atoms. The highest BCUT2D eigenvalue weighted by molar-refractivity contribution is 7.69. The van der Waals surface area contributed by atoms with E-state index in [1.54, 1.807) is 25.7 Å². The lowest BCUT2D eigenvalue weighted by Crippen LogP contribution is -2.68. The van der Waals surface area contributed by atoms with Gasteiger partial charge in [0.2, 0.25) is 0 Å². The molecule has 4 aliphatic rings. The molecule has 2 bridgehead atoms. The first kappa shape index (κ1) is 42.3. The smallest absolute Gasteiger partial charge is 0.461 e. The van der Waals surface area contributed by atoms with E-state index in [2.05, 4.69) is 14.9 Å². The van der Waals surface area contributed by atoms with E-state index in [-0.39, 0.29) is 73.9 Å². The van der Waals surface area contributed by atoms with Gasteiger partial charge >= 0.3 is 30.2 Å². The van der Waals surface area contributed by atoms with Gasteiger partial charge in [0, 0.05) is 39.4 Å². The van der Waals surface area contributed by atoms with E-state index in [9.17, 15) is 27.6 Å². The first-order valence-corrected chi connectivity index (χ1v) is 22.1. The lowest BCUT2D eigenvalue weighted by atomic mass is 9.93. The highest BCUT2D eigenvalue weighted by Crippen LogP contribution is 2.48. The Hall–Kier alpha value is -3.34. The molecule has 14 nitrogen and oxygen atoms in total. The van der Waals surface area contributed by atoms with Gasteiger partial charge in [-0.25, -0.2) is 19.0 Å². The fourth-order valence-electron chi connectivity index (χ4n) is 8.57. The summed E-state index contributed by atoms with van der Waals surface area (Å²) in [6, 6.07) is -0.696. The molecular formula is C36H50ClF4N7O7P+. The van der Waals surface area contributed by atoms with E-state index >= 15 is 4.39 Å². The molecule has 0 aliphatic carbocycles. The zero-order chi connectivity index (χ0) is 41.0. The van der Waals surface area contributed by atoms with E-state index in [0.29, 0.717) is 24.3 Å². The number of fused-ring (bicyclic) bond motifs is 4. The first-order chi connectivity index (χ1) is 26.0. The van der Waals surface area contributed by atoms with Crippen molar-refractivity contribution in [2.45, 2.75) is 94.3 Å². The standard InChI is InChI=1S/C36H50ClF4N7O7P/c1-33(2,3)54-32(51)48-22-9-12-35(48,19-45(4)30(50)36(39,40)41)20-46(17-22)29-24-16-42-28(37)26(38)27(24)43-31(44-29)53-21-34-11-8-13-47(34)18-23(15-34)52-14-10-25(49)55-56(5,6)7/h16,22-23H,8-15,17-21H2,1-7H3/q+1. The second-order valence-electron chi connectivity index (χ2n) is 17.1. The van der Waals surface area contributed by atoms with Crippen molar-refractivity contribution in [3.05, 3.63) is 17.2 Å². The minimum Gasteiger partial charge on any atom is -0.461 e. The lowest BCUT2D eigenvalue weighted by Gasteiger charge is -2.50. The first-order valence-electron chi connectivity index (χ1n) is 18.6. The van der Waals surface area contributed by atoms with Gasteiger partial charge < -0.3 is 28.5 Å². The number of anilines is 1. The summed E-state index contributed by atoms with van der Waals surface area (Å²) in [5.74, 6) is -3.05. The summed E-state index contributed by atoms with van der Waals surface area (Å²) in [4.78, 5) is 57.5. The maximum atomic E-state index is 15.7. The van der Waals surface area contributed by atoms with E-state index in [0.717, 1.165) is 26.4 Å². The van der Waals surface area contributed by atoms with Crippen LogP contribution in [0.15, 0.2) is 6.20 Å². The minimum atomic E-state index is -5.13. The van der Waals surface area contributed by atoms with Crippen molar-refractivity contribution in [2.24, 2.45) is 0 Å². The van der Waals surface area contributed by atoms with E-state index in [1.165, 1.54) is 11.1 Å². The highest BCUT2D eigenvalue weighted by Gasteiger charge is 2.57. The van der Waals surface area contributed by atoms with Gasteiger partial charge in [-0.3, -0.25) is 14.6 Å². The van der Waals surface area contributed by atoms with Crippen LogP contribution in [0.4, 0.5) is 28.2 Å². The third-order valence-corrected chi connectivity index (χ3v) is 11.6. The molecule has 20 heteroatoms. The van der Waals surface area contributed by atoms with Crippen LogP contribution in [0.25, 0.3) is 10.9 Å². The summed E-state index contributed by atoms with van der Waals surface area (Å²) in [6.07, 6.45) is -1.52. The number of rotatable bonds is 11. The summed E-state index contributed by atoms with van der Waals surface area (Å²) in [5.41, 5.74) is -2.82. The Balaban J connectivity index is 1.27. The molecule has 4 fully saturated rings.